The average Bonchev–Trinajstić information content (AvgIpc) is 2.77. The highest BCUT2D eigenvalue weighted by Crippen LogP contribution is 2.11. The lowest BCUT2D eigenvalue weighted by molar-refractivity contribution is 0.615. The van der Waals surface area contributed by atoms with Crippen molar-refractivity contribution in [2.75, 3.05) is 6.54 Å². The summed E-state index contributed by atoms with van der Waals surface area (Å²) in [5.74, 6) is 1.06. The van der Waals surface area contributed by atoms with Crippen molar-refractivity contribution < 1.29 is 0 Å². The van der Waals surface area contributed by atoms with E-state index in [1.807, 2.05) is 18.6 Å². The van der Waals surface area contributed by atoms with Gasteiger partial charge < -0.3 is 9.88 Å². The molecule has 2 aromatic heterocycles. The summed E-state index contributed by atoms with van der Waals surface area (Å²) in [5, 5.41) is 3.37. The molecule has 0 saturated heterocycles. The topological polar surface area (TPSA) is 42.7 Å². The van der Waals surface area contributed by atoms with Crippen molar-refractivity contribution in [3.8, 4) is 0 Å². The first-order valence-corrected chi connectivity index (χ1v) is 6.89. The largest absolute Gasteiger partial charge is 0.329 e. The molecule has 0 bridgehead atoms. The molecule has 2 rings (SSSR count). The van der Waals surface area contributed by atoms with Gasteiger partial charge in [0, 0.05) is 29.3 Å². The molecule has 18 heavy (non-hydrogen) atoms. The molecule has 0 atom stereocenters. The van der Waals surface area contributed by atoms with Gasteiger partial charge in [0.25, 0.3) is 0 Å². The standard InChI is InChI=1S/C13H17BrN4/c1-2-3-15-9-13-17-4-5-18(13)10-11-6-12(14)8-16-7-11/h4-8,15H,2-3,9-10H2,1H3. The van der Waals surface area contributed by atoms with Crippen molar-refractivity contribution in [3.05, 3.63) is 46.7 Å². The maximum Gasteiger partial charge on any atom is 0.122 e. The molecule has 0 aliphatic heterocycles. The third kappa shape index (κ3) is 3.65. The van der Waals surface area contributed by atoms with Crippen molar-refractivity contribution in [1.29, 1.82) is 0 Å². The van der Waals surface area contributed by atoms with E-state index >= 15 is 0 Å². The lowest BCUT2D eigenvalue weighted by Gasteiger charge is -2.08. The van der Waals surface area contributed by atoms with Crippen molar-refractivity contribution in [3.63, 3.8) is 0 Å². The van der Waals surface area contributed by atoms with Gasteiger partial charge in [0.1, 0.15) is 5.82 Å². The Morgan fingerprint density at radius 1 is 1.39 bits per heavy atom. The Bertz CT molecular complexity index is 495. The van der Waals surface area contributed by atoms with Crippen LogP contribution in [0.4, 0.5) is 0 Å². The van der Waals surface area contributed by atoms with Gasteiger partial charge in [-0.25, -0.2) is 4.98 Å². The maximum atomic E-state index is 4.37. The third-order valence-corrected chi connectivity index (χ3v) is 3.06. The smallest absolute Gasteiger partial charge is 0.122 e. The van der Waals surface area contributed by atoms with Crippen LogP contribution in [0.25, 0.3) is 0 Å². The first-order valence-electron chi connectivity index (χ1n) is 6.09. The first-order chi connectivity index (χ1) is 8.79. The second-order valence-electron chi connectivity index (χ2n) is 4.16. The molecule has 0 amide bonds. The van der Waals surface area contributed by atoms with E-state index in [4.69, 9.17) is 0 Å². The molecule has 0 saturated carbocycles. The van der Waals surface area contributed by atoms with Crippen LogP contribution in [0.1, 0.15) is 24.7 Å². The lowest BCUT2D eigenvalue weighted by atomic mass is 10.3. The zero-order valence-electron chi connectivity index (χ0n) is 10.4. The van der Waals surface area contributed by atoms with E-state index in [2.05, 4.69) is 48.8 Å². The number of hydrogen-bond acceptors (Lipinski definition) is 3. The SMILES string of the molecule is CCCNCc1nccn1Cc1cncc(Br)c1. The Morgan fingerprint density at radius 2 is 2.28 bits per heavy atom. The number of nitrogens with one attached hydrogen (secondary N) is 1. The number of rotatable bonds is 6. The summed E-state index contributed by atoms with van der Waals surface area (Å²) in [6.45, 7) is 4.79. The second-order valence-corrected chi connectivity index (χ2v) is 5.08. The summed E-state index contributed by atoms with van der Waals surface area (Å²) in [4.78, 5) is 8.55. The fraction of sp³-hybridized carbons (Fsp3) is 0.385. The zero-order chi connectivity index (χ0) is 12.8. The molecule has 0 radical (unpaired) electrons. The van der Waals surface area contributed by atoms with E-state index in [0.717, 1.165) is 36.4 Å². The number of pyridine rings is 1. The van der Waals surface area contributed by atoms with Gasteiger partial charge in [0.2, 0.25) is 0 Å². The summed E-state index contributed by atoms with van der Waals surface area (Å²) in [7, 11) is 0. The lowest BCUT2D eigenvalue weighted by Crippen LogP contribution is -2.17. The van der Waals surface area contributed by atoms with Crippen LogP contribution in [0.2, 0.25) is 0 Å². The maximum absolute atomic E-state index is 4.37. The van der Waals surface area contributed by atoms with Crippen LogP contribution in [0, 0.1) is 0 Å². The molecule has 0 unspecified atom stereocenters. The summed E-state index contributed by atoms with van der Waals surface area (Å²) in [5.41, 5.74) is 1.17. The third-order valence-electron chi connectivity index (χ3n) is 2.63. The monoisotopic (exact) mass is 308 g/mol. The Morgan fingerprint density at radius 3 is 3.06 bits per heavy atom. The van der Waals surface area contributed by atoms with Gasteiger partial charge in [0.05, 0.1) is 13.1 Å². The van der Waals surface area contributed by atoms with E-state index in [9.17, 15) is 0 Å². The number of aromatic nitrogens is 3. The Labute approximate surface area is 116 Å². The number of hydrogen-bond donors (Lipinski definition) is 1. The molecule has 0 aliphatic rings. The Kier molecular flexibility index (Phi) is 4.90. The number of halogens is 1. The van der Waals surface area contributed by atoms with Crippen molar-refractivity contribution in [2.45, 2.75) is 26.4 Å². The van der Waals surface area contributed by atoms with Crippen LogP contribution < -0.4 is 5.32 Å². The average molecular weight is 309 g/mol. The molecule has 1 N–H and O–H groups in total. The molecule has 2 aromatic rings. The van der Waals surface area contributed by atoms with Crippen LogP contribution in [0.3, 0.4) is 0 Å². The summed E-state index contributed by atoms with van der Waals surface area (Å²) < 4.78 is 3.15. The van der Waals surface area contributed by atoms with Crippen LogP contribution >= 0.6 is 15.9 Å². The predicted octanol–water partition coefficient (Wildman–Crippen LogP) is 2.59. The van der Waals surface area contributed by atoms with E-state index in [1.165, 1.54) is 5.56 Å². The van der Waals surface area contributed by atoms with Crippen LogP contribution in [0.5, 0.6) is 0 Å². The molecule has 2 heterocycles. The van der Waals surface area contributed by atoms with Gasteiger partial charge >= 0.3 is 0 Å². The van der Waals surface area contributed by atoms with Gasteiger partial charge in [0.15, 0.2) is 0 Å². The van der Waals surface area contributed by atoms with Gasteiger partial charge in [-0.2, -0.15) is 0 Å². The fourth-order valence-corrected chi connectivity index (χ4v) is 2.18. The van der Waals surface area contributed by atoms with E-state index in [-0.39, 0.29) is 0 Å². The number of imidazole rings is 1. The highest BCUT2D eigenvalue weighted by atomic mass is 79.9. The quantitative estimate of drug-likeness (QED) is 0.834. The van der Waals surface area contributed by atoms with Crippen molar-refractivity contribution in [1.82, 2.24) is 19.9 Å². The van der Waals surface area contributed by atoms with Gasteiger partial charge in [-0.05, 0) is 40.5 Å². The Balaban J connectivity index is 2.03. The molecule has 0 spiro atoms. The molecule has 5 heteroatoms. The molecular weight excluding hydrogens is 292 g/mol. The molecule has 0 aliphatic carbocycles. The minimum atomic E-state index is 0.801. The van der Waals surface area contributed by atoms with Gasteiger partial charge in [-0.15, -0.1) is 0 Å². The first kappa shape index (κ1) is 13.2. The second kappa shape index (κ2) is 6.66. The van der Waals surface area contributed by atoms with Crippen LogP contribution in [-0.4, -0.2) is 21.1 Å². The van der Waals surface area contributed by atoms with Crippen LogP contribution in [0.15, 0.2) is 35.3 Å². The van der Waals surface area contributed by atoms with Crippen LogP contribution in [-0.2, 0) is 13.1 Å². The minimum absolute atomic E-state index is 0.801. The van der Waals surface area contributed by atoms with Gasteiger partial charge in [-0.3, -0.25) is 4.98 Å². The normalized spacial score (nSPS) is 10.8. The summed E-state index contributed by atoms with van der Waals surface area (Å²) in [6, 6.07) is 2.08. The summed E-state index contributed by atoms with van der Waals surface area (Å²) in [6.07, 6.45) is 8.66. The molecular formula is C13H17BrN4. The van der Waals surface area contributed by atoms with E-state index in [1.54, 1.807) is 6.20 Å². The van der Waals surface area contributed by atoms with E-state index < -0.39 is 0 Å². The van der Waals surface area contributed by atoms with E-state index in [0.29, 0.717) is 0 Å². The minimum Gasteiger partial charge on any atom is -0.329 e. The number of nitrogens with zero attached hydrogens (tertiary/aromatic N) is 3. The zero-order valence-corrected chi connectivity index (χ0v) is 12.0. The van der Waals surface area contributed by atoms with Crippen molar-refractivity contribution in [2.24, 2.45) is 0 Å². The molecule has 96 valence electrons. The summed E-state index contributed by atoms with van der Waals surface area (Å²) >= 11 is 3.44. The van der Waals surface area contributed by atoms with Gasteiger partial charge in [-0.1, -0.05) is 6.92 Å². The fourth-order valence-electron chi connectivity index (χ4n) is 1.77. The highest BCUT2D eigenvalue weighted by Gasteiger charge is 2.03. The predicted molar refractivity (Wildman–Crippen MR) is 75.3 cm³/mol. The molecule has 0 aromatic carbocycles. The van der Waals surface area contributed by atoms with Crippen molar-refractivity contribution >= 4 is 15.9 Å². The molecule has 4 nitrogen and oxygen atoms in total. The highest BCUT2D eigenvalue weighted by molar-refractivity contribution is 9.10. The Hall–Kier alpha value is -1.20. The molecule has 0 fully saturated rings.